The van der Waals surface area contributed by atoms with E-state index >= 15 is 0 Å². The van der Waals surface area contributed by atoms with Crippen molar-refractivity contribution in [2.24, 2.45) is 17.8 Å². The molecule has 4 atom stereocenters. The number of hydrogen-bond acceptors (Lipinski definition) is 5. The Bertz CT molecular complexity index is 445. The van der Waals surface area contributed by atoms with Crippen LogP contribution in [0.4, 0.5) is 0 Å². The Kier molecular flexibility index (Phi) is 5.03. The minimum Gasteiger partial charge on any atom is -0.310 e. The van der Waals surface area contributed by atoms with E-state index in [2.05, 4.69) is 28.2 Å². The number of likely N-dealkylation sites (tertiary alicyclic amines) is 2. The largest absolute Gasteiger partial charge is 0.310 e. The number of piperidine rings is 2. The van der Waals surface area contributed by atoms with Gasteiger partial charge in [-0.25, -0.2) is 0 Å². The fourth-order valence-electron chi connectivity index (χ4n) is 5.17. The summed E-state index contributed by atoms with van der Waals surface area (Å²) in [6, 6.07) is 0. The fraction of sp³-hybridized carbons (Fsp3) is 0.944. The third-order valence-electron chi connectivity index (χ3n) is 6.59. The van der Waals surface area contributed by atoms with E-state index in [-0.39, 0.29) is 0 Å². The van der Waals surface area contributed by atoms with Gasteiger partial charge in [0.1, 0.15) is 5.50 Å². The first-order valence-electron chi connectivity index (χ1n) is 9.61. The number of fused-ring (bicyclic) bond motifs is 1. The zero-order valence-corrected chi connectivity index (χ0v) is 14.9. The van der Waals surface area contributed by atoms with E-state index in [9.17, 15) is 5.26 Å². The van der Waals surface area contributed by atoms with Crippen LogP contribution in [0, 0.1) is 29.2 Å². The van der Waals surface area contributed by atoms with Crippen LogP contribution in [-0.2, 0) is 0 Å². The van der Waals surface area contributed by atoms with Crippen molar-refractivity contribution in [1.82, 2.24) is 15.1 Å². The topological polar surface area (TPSA) is 42.3 Å². The van der Waals surface area contributed by atoms with Gasteiger partial charge in [-0.05, 0) is 43.4 Å². The lowest BCUT2D eigenvalue weighted by Crippen LogP contribution is -2.52. The monoisotopic (exact) mass is 334 g/mol. The summed E-state index contributed by atoms with van der Waals surface area (Å²) in [4.78, 5) is 4.65. The average molecular weight is 335 g/mol. The molecule has 2 unspecified atom stereocenters. The van der Waals surface area contributed by atoms with Crippen molar-refractivity contribution in [3.8, 4) is 6.19 Å². The number of nitriles is 1. The predicted octanol–water partition coefficient (Wildman–Crippen LogP) is 2.68. The first kappa shape index (κ1) is 16.1. The number of rotatable bonds is 2. The molecule has 4 nitrogen and oxygen atoms in total. The molecule has 1 aliphatic carbocycles. The highest BCUT2D eigenvalue weighted by atomic mass is 32.2. The van der Waals surface area contributed by atoms with Crippen LogP contribution in [0.5, 0.6) is 0 Å². The SMILES string of the molecule is N#CN1CC[C@H]2CCN(C3NCC(C4CCCCC4)S3)C[C@@H]2C1. The molecule has 3 heterocycles. The van der Waals surface area contributed by atoms with Crippen LogP contribution in [-0.4, -0.2) is 53.3 Å². The van der Waals surface area contributed by atoms with Gasteiger partial charge < -0.3 is 4.90 Å². The minimum absolute atomic E-state index is 0.528. The summed E-state index contributed by atoms with van der Waals surface area (Å²) in [7, 11) is 0. The predicted molar refractivity (Wildman–Crippen MR) is 94.7 cm³/mol. The highest BCUT2D eigenvalue weighted by molar-refractivity contribution is 8.00. The van der Waals surface area contributed by atoms with E-state index in [1.165, 1.54) is 64.6 Å². The Labute approximate surface area is 145 Å². The highest BCUT2D eigenvalue weighted by Crippen LogP contribution is 2.40. The van der Waals surface area contributed by atoms with Gasteiger partial charge in [0.2, 0.25) is 0 Å². The van der Waals surface area contributed by atoms with Crippen molar-refractivity contribution in [2.75, 3.05) is 32.7 Å². The summed E-state index contributed by atoms with van der Waals surface area (Å²) >= 11 is 2.21. The molecule has 1 saturated carbocycles. The van der Waals surface area contributed by atoms with Gasteiger partial charge in [0, 0.05) is 38.0 Å². The second-order valence-electron chi connectivity index (χ2n) is 7.97. The Balaban J connectivity index is 1.31. The first-order valence-corrected chi connectivity index (χ1v) is 10.6. The molecular formula is C18H30N4S. The molecule has 3 aliphatic heterocycles. The normalized spacial score (nSPS) is 39.9. The van der Waals surface area contributed by atoms with Crippen LogP contribution >= 0.6 is 11.8 Å². The summed E-state index contributed by atoms with van der Waals surface area (Å²) in [5, 5.41) is 13.8. The summed E-state index contributed by atoms with van der Waals surface area (Å²) in [6.07, 6.45) is 12.2. The molecule has 4 aliphatic rings. The Morgan fingerprint density at radius 1 is 0.913 bits per heavy atom. The van der Waals surface area contributed by atoms with Crippen molar-refractivity contribution in [2.45, 2.75) is 55.7 Å². The molecule has 0 bridgehead atoms. The minimum atomic E-state index is 0.528. The Morgan fingerprint density at radius 3 is 2.57 bits per heavy atom. The van der Waals surface area contributed by atoms with Gasteiger partial charge in [-0.15, -0.1) is 11.8 Å². The Morgan fingerprint density at radius 2 is 1.74 bits per heavy atom. The van der Waals surface area contributed by atoms with Crippen LogP contribution in [0.1, 0.15) is 44.9 Å². The van der Waals surface area contributed by atoms with Crippen LogP contribution in [0.25, 0.3) is 0 Å². The molecule has 5 heteroatoms. The van der Waals surface area contributed by atoms with E-state index in [4.69, 9.17) is 0 Å². The van der Waals surface area contributed by atoms with E-state index in [0.29, 0.717) is 11.4 Å². The number of nitrogens with one attached hydrogen (secondary N) is 1. The molecule has 0 radical (unpaired) electrons. The zero-order valence-electron chi connectivity index (χ0n) is 14.1. The van der Waals surface area contributed by atoms with E-state index in [1.54, 1.807) is 0 Å². The molecule has 3 saturated heterocycles. The molecular weight excluding hydrogens is 304 g/mol. The molecule has 0 aromatic heterocycles. The van der Waals surface area contributed by atoms with Crippen molar-refractivity contribution in [1.29, 1.82) is 5.26 Å². The third-order valence-corrected chi connectivity index (χ3v) is 8.22. The molecule has 0 aromatic carbocycles. The lowest BCUT2D eigenvalue weighted by molar-refractivity contribution is 0.0526. The smallest absolute Gasteiger partial charge is 0.179 e. The molecule has 0 spiro atoms. The molecule has 23 heavy (non-hydrogen) atoms. The molecule has 4 fully saturated rings. The van der Waals surface area contributed by atoms with Gasteiger partial charge in [-0.1, -0.05) is 19.3 Å². The van der Waals surface area contributed by atoms with Gasteiger partial charge in [0.25, 0.3) is 0 Å². The van der Waals surface area contributed by atoms with Crippen molar-refractivity contribution >= 4 is 11.8 Å². The first-order chi connectivity index (χ1) is 11.3. The van der Waals surface area contributed by atoms with E-state index < -0.39 is 0 Å². The molecule has 0 amide bonds. The van der Waals surface area contributed by atoms with Crippen molar-refractivity contribution in [3.05, 3.63) is 0 Å². The summed E-state index contributed by atoms with van der Waals surface area (Å²) < 4.78 is 0. The van der Waals surface area contributed by atoms with Gasteiger partial charge in [-0.3, -0.25) is 10.2 Å². The lowest BCUT2D eigenvalue weighted by atomic mass is 9.80. The maximum atomic E-state index is 9.18. The van der Waals surface area contributed by atoms with Gasteiger partial charge in [-0.2, -0.15) is 5.26 Å². The number of thioether (sulfide) groups is 1. The van der Waals surface area contributed by atoms with E-state index in [1.807, 2.05) is 4.90 Å². The second kappa shape index (κ2) is 7.21. The van der Waals surface area contributed by atoms with Crippen LogP contribution in [0.15, 0.2) is 0 Å². The maximum absolute atomic E-state index is 9.18. The standard InChI is InChI=1S/C18H30N4S/c19-13-21-8-6-14-7-9-22(12-16(14)11-21)18-20-10-17(23-18)15-4-2-1-3-5-15/h14-18,20H,1-12H2/t14-,16-,17?,18?/m0/s1. The molecule has 0 aromatic rings. The van der Waals surface area contributed by atoms with Gasteiger partial charge in [0.15, 0.2) is 6.19 Å². The van der Waals surface area contributed by atoms with Crippen LogP contribution < -0.4 is 5.32 Å². The average Bonchev–Trinajstić information content (AvgIpc) is 3.11. The van der Waals surface area contributed by atoms with Crippen molar-refractivity contribution < 1.29 is 0 Å². The van der Waals surface area contributed by atoms with Crippen molar-refractivity contribution in [3.63, 3.8) is 0 Å². The second-order valence-corrected chi connectivity index (χ2v) is 9.30. The van der Waals surface area contributed by atoms with E-state index in [0.717, 1.165) is 30.2 Å². The molecule has 1 N–H and O–H groups in total. The summed E-state index contributed by atoms with van der Waals surface area (Å²) in [5.41, 5.74) is 0.528. The molecule has 4 rings (SSSR count). The quantitative estimate of drug-likeness (QED) is 0.787. The van der Waals surface area contributed by atoms with Crippen LogP contribution in [0.2, 0.25) is 0 Å². The highest BCUT2D eigenvalue weighted by Gasteiger charge is 2.40. The fourth-order valence-corrected chi connectivity index (χ4v) is 6.75. The van der Waals surface area contributed by atoms with Gasteiger partial charge >= 0.3 is 0 Å². The Hall–Kier alpha value is -0.440. The number of hydrogen-bond donors (Lipinski definition) is 1. The summed E-state index contributed by atoms with van der Waals surface area (Å²) in [5.74, 6) is 2.51. The van der Waals surface area contributed by atoms with Gasteiger partial charge in [0.05, 0.1) is 0 Å². The zero-order chi connectivity index (χ0) is 15.6. The number of nitrogens with zero attached hydrogens (tertiary/aromatic N) is 3. The maximum Gasteiger partial charge on any atom is 0.179 e. The van der Waals surface area contributed by atoms with Crippen LogP contribution in [0.3, 0.4) is 0 Å². The summed E-state index contributed by atoms with van der Waals surface area (Å²) in [6.45, 7) is 5.61. The lowest BCUT2D eigenvalue weighted by Gasteiger charge is -2.45. The molecule has 128 valence electrons. The third kappa shape index (κ3) is 3.50.